The lowest BCUT2D eigenvalue weighted by atomic mass is 10.1. The summed E-state index contributed by atoms with van der Waals surface area (Å²) in [4.78, 5) is 6.21. The van der Waals surface area contributed by atoms with Crippen molar-refractivity contribution in [2.75, 3.05) is 20.6 Å². The zero-order valence-corrected chi connectivity index (χ0v) is 12.7. The first-order chi connectivity index (χ1) is 9.54. The number of nitrogens with two attached hydrogens (primary N) is 1. The number of aromatic nitrogens is 4. The van der Waals surface area contributed by atoms with Gasteiger partial charge in [0.1, 0.15) is 6.04 Å². The minimum atomic E-state index is -0.250. The number of halogens is 1. The van der Waals surface area contributed by atoms with Gasteiger partial charge in [0, 0.05) is 13.6 Å². The van der Waals surface area contributed by atoms with Crippen LogP contribution >= 0.6 is 11.6 Å². The molecule has 0 spiro atoms. The van der Waals surface area contributed by atoms with E-state index in [1.54, 1.807) is 18.7 Å². The van der Waals surface area contributed by atoms with Crippen molar-refractivity contribution in [1.82, 2.24) is 29.7 Å². The first-order valence-corrected chi connectivity index (χ1v) is 6.70. The molecule has 0 saturated carbocycles. The Bertz CT molecular complexity index is 560. The molecule has 0 aliphatic heterocycles. The maximum atomic E-state index is 6.28. The fourth-order valence-electron chi connectivity index (χ4n) is 2.08. The summed E-state index contributed by atoms with van der Waals surface area (Å²) in [5, 5.41) is 4.92. The van der Waals surface area contributed by atoms with E-state index in [2.05, 4.69) is 20.4 Å². The van der Waals surface area contributed by atoms with E-state index in [-0.39, 0.29) is 6.04 Å². The van der Waals surface area contributed by atoms with Crippen LogP contribution < -0.4 is 11.3 Å². The van der Waals surface area contributed by atoms with E-state index in [1.165, 1.54) is 0 Å². The number of nitrogens with one attached hydrogen (secondary N) is 1. The lowest BCUT2D eigenvalue weighted by molar-refractivity contribution is 0.365. The molecular weight excluding hydrogens is 278 g/mol. The summed E-state index contributed by atoms with van der Waals surface area (Å²) in [6, 6.07) is -0.250. The van der Waals surface area contributed by atoms with Crippen LogP contribution in [0.4, 0.5) is 0 Å². The number of hydrazine groups is 1. The molecule has 2 aromatic rings. The van der Waals surface area contributed by atoms with E-state index in [4.69, 9.17) is 17.4 Å². The number of rotatable bonds is 6. The van der Waals surface area contributed by atoms with Crippen molar-refractivity contribution in [3.8, 4) is 0 Å². The average molecular weight is 298 g/mol. The van der Waals surface area contributed by atoms with Crippen molar-refractivity contribution in [3.05, 3.63) is 35.1 Å². The second kappa shape index (κ2) is 6.36. The summed E-state index contributed by atoms with van der Waals surface area (Å²) < 4.78 is 3.78. The second-order valence-corrected chi connectivity index (χ2v) is 5.34. The molecule has 0 fully saturated rings. The van der Waals surface area contributed by atoms with E-state index in [1.807, 2.05) is 30.4 Å². The first-order valence-electron chi connectivity index (χ1n) is 6.33. The molecular formula is C12H20ClN7. The number of likely N-dealkylation sites (N-methyl/N-ethyl adjacent to an activating group) is 1. The topological polar surface area (TPSA) is 76.9 Å². The molecule has 8 heteroatoms. The van der Waals surface area contributed by atoms with Gasteiger partial charge in [-0.15, -0.1) is 0 Å². The van der Waals surface area contributed by atoms with E-state index in [0.717, 1.165) is 24.5 Å². The molecule has 2 heterocycles. The molecule has 0 amide bonds. The Morgan fingerprint density at radius 3 is 2.75 bits per heavy atom. The molecule has 7 nitrogen and oxygen atoms in total. The molecule has 3 N–H and O–H groups in total. The first kappa shape index (κ1) is 15.0. The van der Waals surface area contributed by atoms with Crippen molar-refractivity contribution >= 4 is 11.6 Å². The zero-order chi connectivity index (χ0) is 14.7. The SMILES string of the molecule is CN(C)CCn1ncc(Cl)c1C(NN)c1cncn1C. The van der Waals surface area contributed by atoms with Crippen LogP contribution in [-0.2, 0) is 13.6 Å². The molecule has 0 aliphatic rings. The van der Waals surface area contributed by atoms with Gasteiger partial charge in [-0.2, -0.15) is 5.10 Å². The highest BCUT2D eigenvalue weighted by Crippen LogP contribution is 2.27. The van der Waals surface area contributed by atoms with Crippen molar-refractivity contribution in [3.63, 3.8) is 0 Å². The highest BCUT2D eigenvalue weighted by atomic mass is 35.5. The van der Waals surface area contributed by atoms with Gasteiger partial charge >= 0.3 is 0 Å². The van der Waals surface area contributed by atoms with Crippen molar-refractivity contribution in [2.45, 2.75) is 12.6 Å². The molecule has 20 heavy (non-hydrogen) atoms. The van der Waals surface area contributed by atoms with Gasteiger partial charge in [0.25, 0.3) is 0 Å². The van der Waals surface area contributed by atoms with Crippen LogP contribution in [-0.4, -0.2) is 44.9 Å². The molecule has 110 valence electrons. The van der Waals surface area contributed by atoms with E-state index >= 15 is 0 Å². The molecule has 0 bridgehead atoms. The number of aryl methyl sites for hydroxylation is 1. The smallest absolute Gasteiger partial charge is 0.106 e. The zero-order valence-electron chi connectivity index (χ0n) is 11.9. The summed E-state index contributed by atoms with van der Waals surface area (Å²) in [6.07, 6.45) is 5.14. The molecule has 0 aliphatic carbocycles. The third kappa shape index (κ3) is 3.01. The molecule has 0 saturated heterocycles. The molecule has 0 radical (unpaired) electrons. The minimum absolute atomic E-state index is 0.250. The van der Waals surface area contributed by atoms with Crippen LogP contribution in [0, 0.1) is 0 Å². The predicted molar refractivity (Wildman–Crippen MR) is 78.2 cm³/mol. The second-order valence-electron chi connectivity index (χ2n) is 4.93. The van der Waals surface area contributed by atoms with Gasteiger partial charge < -0.3 is 9.47 Å². The van der Waals surface area contributed by atoms with Crippen LogP contribution in [0.1, 0.15) is 17.4 Å². The maximum Gasteiger partial charge on any atom is 0.106 e. The van der Waals surface area contributed by atoms with E-state index in [9.17, 15) is 0 Å². The molecule has 2 aromatic heterocycles. The monoisotopic (exact) mass is 297 g/mol. The quantitative estimate of drug-likeness (QED) is 0.596. The molecule has 1 atom stereocenters. The van der Waals surface area contributed by atoms with Crippen LogP contribution in [0.15, 0.2) is 18.7 Å². The largest absolute Gasteiger partial charge is 0.336 e. The number of imidazole rings is 1. The summed E-state index contributed by atoms with van der Waals surface area (Å²) in [6.45, 7) is 1.61. The average Bonchev–Trinajstić information content (AvgIpc) is 2.97. The van der Waals surface area contributed by atoms with Gasteiger partial charge in [-0.05, 0) is 14.1 Å². The Kier molecular flexibility index (Phi) is 4.77. The third-order valence-electron chi connectivity index (χ3n) is 3.18. The Morgan fingerprint density at radius 2 is 2.20 bits per heavy atom. The Hall–Kier alpha value is -1.41. The Balaban J connectivity index is 2.34. The Morgan fingerprint density at radius 1 is 1.45 bits per heavy atom. The minimum Gasteiger partial charge on any atom is -0.336 e. The summed E-state index contributed by atoms with van der Waals surface area (Å²) >= 11 is 6.28. The number of hydrogen-bond acceptors (Lipinski definition) is 5. The fraction of sp³-hybridized carbons (Fsp3) is 0.500. The van der Waals surface area contributed by atoms with Crippen molar-refractivity contribution < 1.29 is 0 Å². The van der Waals surface area contributed by atoms with E-state index < -0.39 is 0 Å². The molecule has 2 rings (SSSR count). The van der Waals surface area contributed by atoms with Crippen molar-refractivity contribution in [2.24, 2.45) is 12.9 Å². The van der Waals surface area contributed by atoms with Gasteiger partial charge in [-0.3, -0.25) is 10.5 Å². The number of nitrogens with zero attached hydrogens (tertiary/aromatic N) is 5. The van der Waals surface area contributed by atoms with E-state index in [0.29, 0.717) is 5.02 Å². The summed E-state index contributed by atoms with van der Waals surface area (Å²) in [7, 11) is 5.95. The lowest BCUT2D eigenvalue weighted by Crippen LogP contribution is -2.33. The number of hydrogen-bond donors (Lipinski definition) is 2. The van der Waals surface area contributed by atoms with Gasteiger partial charge in [-0.1, -0.05) is 11.6 Å². The van der Waals surface area contributed by atoms with Crippen LogP contribution in [0.3, 0.4) is 0 Å². The van der Waals surface area contributed by atoms with Crippen molar-refractivity contribution in [1.29, 1.82) is 0 Å². The molecule has 0 aromatic carbocycles. The van der Waals surface area contributed by atoms with Gasteiger partial charge in [0.15, 0.2) is 0 Å². The van der Waals surface area contributed by atoms with Gasteiger partial charge in [0.2, 0.25) is 0 Å². The highest BCUT2D eigenvalue weighted by Gasteiger charge is 2.23. The normalized spacial score (nSPS) is 13.1. The van der Waals surface area contributed by atoms with Crippen LogP contribution in [0.5, 0.6) is 0 Å². The fourth-order valence-corrected chi connectivity index (χ4v) is 2.33. The summed E-state index contributed by atoms with van der Waals surface area (Å²) in [5.74, 6) is 5.72. The molecule has 1 unspecified atom stereocenters. The van der Waals surface area contributed by atoms with Crippen LogP contribution in [0.25, 0.3) is 0 Å². The van der Waals surface area contributed by atoms with Gasteiger partial charge in [-0.25, -0.2) is 10.4 Å². The highest BCUT2D eigenvalue weighted by molar-refractivity contribution is 6.31. The van der Waals surface area contributed by atoms with Gasteiger partial charge in [0.05, 0.1) is 41.7 Å². The summed E-state index contributed by atoms with van der Waals surface area (Å²) in [5.41, 5.74) is 4.58. The standard InChI is InChI=1S/C12H20ClN7/c1-18(2)4-5-20-12(9(13)6-16-20)11(17-14)10-7-15-8-19(10)3/h6-8,11,17H,4-5,14H2,1-3H3. The lowest BCUT2D eigenvalue weighted by Gasteiger charge is -2.19. The van der Waals surface area contributed by atoms with Crippen LogP contribution in [0.2, 0.25) is 5.02 Å². The predicted octanol–water partition coefficient (Wildman–Crippen LogP) is 0.384. The third-order valence-corrected chi connectivity index (χ3v) is 3.47. The maximum absolute atomic E-state index is 6.28. The Labute approximate surface area is 123 Å².